The molecular formula is C19H13N3O5S. The zero-order valence-corrected chi connectivity index (χ0v) is 15.4. The number of nitrogens with one attached hydrogen (secondary N) is 1. The van der Waals surface area contributed by atoms with Crippen LogP contribution < -0.4 is 5.32 Å². The molecule has 0 spiro atoms. The Hall–Kier alpha value is -3.77. The molecule has 28 heavy (non-hydrogen) atoms. The Labute approximate surface area is 163 Å². The van der Waals surface area contributed by atoms with Crippen LogP contribution in [-0.2, 0) is 9.53 Å². The van der Waals surface area contributed by atoms with Crippen LogP contribution in [0.1, 0.15) is 22.2 Å². The molecule has 3 aromatic rings. The van der Waals surface area contributed by atoms with Crippen molar-refractivity contribution in [2.45, 2.75) is 13.0 Å². The lowest BCUT2D eigenvalue weighted by molar-refractivity contribution is -0.384. The van der Waals surface area contributed by atoms with E-state index in [1.807, 2.05) is 6.07 Å². The number of fused-ring (bicyclic) bond motifs is 1. The van der Waals surface area contributed by atoms with Gasteiger partial charge in [0.25, 0.3) is 11.6 Å². The predicted octanol–water partition coefficient (Wildman–Crippen LogP) is 3.87. The van der Waals surface area contributed by atoms with Gasteiger partial charge in [-0.2, -0.15) is 5.26 Å². The Balaban J connectivity index is 1.69. The molecule has 0 saturated carbocycles. The molecule has 8 nitrogen and oxygen atoms in total. The van der Waals surface area contributed by atoms with Crippen molar-refractivity contribution in [1.29, 1.82) is 5.26 Å². The van der Waals surface area contributed by atoms with Crippen LogP contribution in [0.5, 0.6) is 0 Å². The minimum Gasteiger partial charge on any atom is -0.448 e. The molecule has 3 rings (SSSR count). The number of esters is 1. The van der Waals surface area contributed by atoms with Crippen LogP contribution >= 0.6 is 11.3 Å². The van der Waals surface area contributed by atoms with Crippen LogP contribution in [-0.4, -0.2) is 22.9 Å². The van der Waals surface area contributed by atoms with Crippen molar-refractivity contribution in [3.63, 3.8) is 0 Å². The highest BCUT2D eigenvalue weighted by molar-refractivity contribution is 7.20. The number of amides is 1. The number of carbonyl (C=O) groups excluding carboxylic acids is 2. The Morgan fingerprint density at radius 2 is 2.04 bits per heavy atom. The van der Waals surface area contributed by atoms with E-state index >= 15 is 0 Å². The molecule has 2 aromatic carbocycles. The van der Waals surface area contributed by atoms with Crippen molar-refractivity contribution < 1.29 is 19.2 Å². The molecule has 0 saturated heterocycles. The lowest BCUT2D eigenvalue weighted by Crippen LogP contribution is -2.29. The SMILES string of the molecule is C[C@H](OC(=O)c1cc2cc([N+](=O)[O-])ccc2s1)C(=O)Nc1cccc(C#N)c1. The predicted molar refractivity (Wildman–Crippen MR) is 103 cm³/mol. The van der Waals surface area contributed by atoms with E-state index in [9.17, 15) is 19.7 Å². The normalized spacial score (nSPS) is 11.4. The van der Waals surface area contributed by atoms with E-state index in [1.54, 1.807) is 24.3 Å². The monoisotopic (exact) mass is 395 g/mol. The fourth-order valence-electron chi connectivity index (χ4n) is 2.43. The number of rotatable bonds is 5. The fraction of sp³-hybridized carbons (Fsp3) is 0.105. The number of anilines is 1. The summed E-state index contributed by atoms with van der Waals surface area (Å²) >= 11 is 1.12. The van der Waals surface area contributed by atoms with E-state index in [0.29, 0.717) is 21.3 Å². The first kappa shape index (κ1) is 19.0. The number of thiophene rings is 1. The van der Waals surface area contributed by atoms with E-state index in [1.165, 1.54) is 31.2 Å². The third-order valence-corrected chi connectivity index (χ3v) is 4.92. The second-order valence-electron chi connectivity index (χ2n) is 5.82. The zero-order valence-electron chi connectivity index (χ0n) is 14.5. The third kappa shape index (κ3) is 4.13. The van der Waals surface area contributed by atoms with Crippen LogP contribution in [0.3, 0.4) is 0 Å². The average Bonchev–Trinajstić information content (AvgIpc) is 3.11. The maximum Gasteiger partial charge on any atom is 0.349 e. The molecule has 140 valence electrons. The number of nitro benzene ring substituents is 1. The van der Waals surface area contributed by atoms with Gasteiger partial charge in [-0.05, 0) is 37.3 Å². The van der Waals surface area contributed by atoms with Crippen LogP contribution in [0.15, 0.2) is 48.5 Å². The van der Waals surface area contributed by atoms with Crippen molar-refractivity contribution in [2.24, 2.45) is 0 Å². The maximum atomic E-state index is 12.3. The second kappa shape index (κ2) is 7.85. The number of carbonyl (C=O) groups is 2. The van der Waals surface area contributed by atoms with E-state index < -0.39 is 22.9 Å². The lowest BCUT2D eigenvalue weighted by atomic mass is 10.2. The fourth-order valence-corrected chi connectivity index (χ4v) is 3.35. The molecule has 0 aliphatic rings. The minimum absolute atomic E-state index is 0.0717. The Bertz CT molecular complexity index is 1130. The van der Waals surface area contributed by atoms with E-state index in [0.717, 1.165) is 11.3 Å². The molecule has 1 aromatic heterocycles. The van der Waals surface area contributed by atoms with E-state index in [-0.39, 0.29) is 10.6 Å². The molecule has 0 fully saturated rings. The summed E-state index contributed by atoms with van der Waals surface area (Å²) in [6.07, 6.45) is -1.07. The number of non-ortho nitro benzene ring substituents is 1. The number of nitriles is 1. The molecule has 1 amide bonds. The summed E-state index contributed by atoms with van der Waals surface area (Å²) in [5.74, 6) is -1.24. The van der Waals surface area contributed by atoms with Gasteiger partial charge in [-0.25, -0.2) is 4.79 Å². The summed E-state index contributed by atoms with van der Waals surface area (Å²) < 4.78 is 5.89. The first-order valence-corrected chi connectivity index (χ1v) is 8.89. The van der Waals surface area contributed by atoms with E-state index in [2.05, 4.69) is 5.32 Å². The molecule has 0 radical (unpaired) electrons. The van der Waals surface area contributed by atoms with Gasteiger partial charge in [0.05, 0.1) is 16.6 Å². The molecule has 0 unspecified atom stereocenters. The van der Waals surface area contributed by atoms with Crippen molar-refractivity contribution in [3.05, 3.63) is 69.1 Å². The van der Waals surface area contributed by atoms with Gasteiger partial charge in [0.15, 0.2) is 6.10 Å². The van der Waals surface area contributed by atoms with Gasteiger partial charge in [0.2, 0.25) is 0 Å². The minimum atomic E-state index is -1.07. The van der Waals surface area contributed by atoms with Gasteiger partial charge in [-0.3, -0.25) is 14.9 Å². The standard InChI is InChI=1S/C19H13N3O5S/c1-11(18(23)21-14-4-2-3-12(7-14)10-20)27-19(24)17-9-13-8-15(22(25)26)5-6-16(13)28-17/h2-9,11H,1H3,(H,21,23)/t11-/m0/s1. The quantitative estimate of drug-likeness (QED) is 0.397. The number of benzene rings is 2. The molecule has 9 heteroatoms. The molecule has 1 N–H and O–H groups in total. The average molecular weight is 395 g/mol. The summed E-state index contributed by atoms with van der Waals surface area (Å²) in [6.45, 7) is 1.43. The van der Waals surface area contributed by atoms with Crippen molar-refractivity contribution >= 4 is 44.7 Å². The van der Waals surface area contributed by atoms with Gasteiger partial charge in [0.1, 0.15) is 4.88 Å². The molecule has 0 aliphatic carbocycles. The van der Waals surface area contributed by atoms with Gasteiger partial charge >= 0.3 is 5.97 Å². The highest BCUT2D eigenvalue weighted by Crippen LogP contribution is 2.29. The first-order valence-electron chi connectivity index (χ1n) is 8.07. The number of hydrogen-bond donors (Lipinski definition) is 1. The summed E-state index contributed by atoms with van der Waals surface area (Å²) in [4.78, 5) is 35.1. The van der Waals surface area contributed by atoms with Crippen molar-refractivity contribution in [3.8, 4) is 6.07 Å². The second-order valence-corrected chi connectivity index (χ2v) is 6.90. The number of hydrogen-bond acceptors (Lipinski definition) is 7. The molecular weight excluding hydrogens is 382 g/mol. The first-order chi connectivity index (χ1) is 13.4. The number of nitrogens with zero attached hydrogens (tertiary/aromatic N) is 2. The van der Waals surface area contributed by atoms with Crippen molar-refractivity contribution in [1.82, 2.24) is 0 Å². The van der Waals surface area contributed by atoms with Crippen LogP contribution in [0, 0.1) is 21.4 Å². The molecule has 0 bridgehead atoms. The van der Waals surface area contributed by atoms with Crippen LogP contribution in [0.25, 0.3) is 10.1 Å². The Morgan fingerprint density at radius 1 is 1.25 bits per heavy atom. The summed E-state index contributed by atoms with van der Waals surface area (Å²) in [5, 5.41) is 22.9. The van der Waals surface area contributed by atoms with Gasteiger partial charge in [0, 0.05) is 27.9 Å². The summed E-state index contributed by atoms with van der Waals surface area (Å²) in [5.41, 5.74) is 0.737. The molecule has 0 aliphatic heterocycles. The summed E-state index contributed by atoms with van der Waals surface area (Å²) in [6, 6.07) is 14.1. The third-order valence-electron chi connectivity index (χ3n) is 3.82. The van der Waals surface area contributed by atoms with Gasteiger partial charge in [-0.15, -0.1) is 11.3 Å². The number of ether oxygens (including phenoxy) is 1. The largest absolute Gasteiger partial charge is 0.448 e. The maximum absolute atomic E-state index is 12.3. The Morgan fingerprint density at radius 3 is 2.75 bits per heavy atom. The topological polar surface area (TPSA) is 122 Å². The highest BCUT2D eigenvalue weighted by Gasteiger charge is 2.21. The van der Waals surface area contributed by atoms with E-state index in [4.69, 9.17) is 10.00 Å². The van der Waals surface area contributed by atoms with Gasteiger partial charge < -0.3 is 10.1 Å². The van der Waals surface area contributed by atoms with Crippen LogP contribution in [0.4, 0.5) is 11.4 Å². The van der Waals surface area contributed by atoms with Gasteiger partial charge in [-0.1, -0.05) is 6.07 Å². The highest BCUT2D eigenvalue weighted by atomic mass is 32.1. The Kier molecular flexibility index (Phi) is 5.33. The van der Waals surface area contributed by atoms with Crippen molar-refractivity contribution in [2.75, 3.05) is 5.32 Å². The number of nitro groups is 1. The van der Waals surface area contributed by atoms with Crippen LogP contribution in [0.2, 0.25) is 0 Å². The molecule has 1 atom stereocenters. The summed E-state index contributed by atoms with van der Waals surface area (Å²) in [7, 11) is 0. The zero-order chi connectivity index (χ0) is 20.3. The molecule has 1 heterocycles. The lowest BCUT2D eigenvalue weighted by Gasteiger charge is -2.13. The smallest absolute Gasteiger partial charge is 0.349 e.